The molecule has 0 nitrogen and oxygen atoms in total. The van der Waals surface area contributed by atoms with Gasteiger partial charge in [0.25, 0.3) is 0 Å². The molecule has 0 aromatic heterocycles. The zero-order valence-electron chi connectivity index (χ0n) is 13.6. The molecule has 0 N–H and O–H groups in total. The maximum absolute atomic E-state index is 3.86. The Morgan fingerprint density at radius 2 is 1.48 bits per heavy atom. The van der Waals surface area contributed by atoms with Crippen molar-refractivity contribution in [2.45, 2.75) is 70.1 Å². The van der Waals surface area contributed by atoms with Crippen LogP contribution in [-0.4, -0.2) is 0 Å². The van der Waals surface area contributed by atoms with Gasteiger partial charge in [0.15, 0.2) is 0 Å². The van der Waals surface area contributed by atoms with Gasteiger partial charge in [0.05, 0.1) is 0 Å². The second-order valence-corrected chi connectivity index (χ2v) is 10.00. The molecular formula is C20H27Br. The molecule has 0 aliphatic heterocycles. The molecule has 0 radical (unpaired) electrons. The Balaban J connectivity index is 1.72. The summed E-state index contributed by atoms with van der Waals surface area (Å²) < 4.78 is 1.32. The van der Waals surface area contributed by atoms with Crippen LogP contribution in [0.1, 0.15) is 70.4 Å². The first-order valence-corrected chi connectivity index (χ1v) is 9.45. The predicted molar refractivity (Wildman–Crippen MR) is 92.7 cm³/mol. The van der Waals surface area contributed by atoms with Gasteiger partial charge in [-0.2, -0.15) is 0 Å². The molecular weight excluding hydrogens is 320 g/mol. The van der Waals surface area contributed by atoms with Crippen LogP contribution in [0.3, 0.4) is 0 Å². The van der Waals surface area contributed by atoms with Crippen molar-refractivity contribution in [2.75, 3.05) is 0 Å². The lowest BCUT2D eigenvalue weighted by Crippen LogP contribution is -2.48. The number of halogens is 1. The lowest BCUT2D eigenvalue weighted by molar-refractivity contribution is -0.00522. The third-order valence-corrected chi connectivity index (χ3v) is 7.08. The third kappa shape index (κ3) is 2.31. The summed E-state index contributed by atoms with van der Waals surface area (Å²) in [6.45, 7) is 6.91. The molecule has 21 heavy (non-hydrogen) atoms. The minimum Gasteiger partial charge on any atom is -0.0581 e. The summed E-state index contributed by atoms with van der Waals surface area (Å²) in [4.78, 5) is 0. The maximum atomic E-state index is 3.86. The van der Waals surface area contributed by atoms with Crippen LogP contribution in [0, 0.1) is 17.8 Å². The van der Waals surface area contributed by atoms with Gasteiger partial charge in [-0.15, -0.1) is 0 Å². The van der Waals surface area contributed by atoms with Crippen LogP contribution in [0.15, 0.2) is 22.7 Å². The number of hydrogen-bond acceptors (Lipinski definition) is 0. The molecule has 1 heteroatoms. The Bertz CT molecular complexity index is 528. The van der Waals surface area contributed by atoms with Gasteiger partial charge in [-0.1, -0.05) is 48.8 Å². The Hall–Kier alpha value is -0.300. The van der Waals surface area contributed by atoms with Crippen molar-refractivity contribution >= 4 is 15.9 Å². The molecule has 0 spiro atoms. The Morgan fingerprint density at radius 1 is 0.952 bits per heavy atom. The standard InChI is InChI=1S/C20H27Br/c1-19(2,3)17-5-4-16(9-18(17)21)20-10-13-6-14(11-20)8-15(7-13)12-20/h4-5,9,13-15H,6-8,10-12H2,1-3H3. The van der Waals surface area contributed by atoms with Crippen molar-refractivity contribution in [1.29, 1.82) is 0 Å². The van der Waals surface area contributed by atoms with Crippen molar-refractivity contribution in [3.8, 4) is 0 Å². The Labute approximate surface area is 137 Å². The summed E-state index contributed by atoms with van der Waals surface area (Å²) in [5.41, 5.74) is 3.81. The fourth-order valence-corrected chi connectivity index (χ4v) is 6.89. The molecule has 1 aromatic rings. The quantitative estimate of drug-likeness (QED) is 0.566. The SMILES string of the molecule is CC(C)(C)c1ccc(C23CC4CC(CC(C4)C2)C3)cc1Br. The van der Waals surface area contributed by atoms with E-state index in [0.29, 0.717) is 5.41 Å². The van der Waals surface area contributed by atoms with Crippen LogP contribution in [0.2, 0.25) is 0 Å². The first kappa shape index (κ1) is 14.3. The van der Waals surface area contributed by atoms with Gasteiger partial charge in [-0.05, 0) is 84.3 Å². The summed E-state index contributed by atoms with van der Waals surface area (Å²) in [7, 11) is 0. The van der Waals surface area contributed by atoms with Crippen LogP contribution >= 0.6 is 15.9 Å². The highest BCUT2D eigenvalue weighted by Crippen LogP contribution is 2.61. The Kier molecular flexibility index (Phi) is 3.13. The second kappa shape index (κ2) is 4.60. The first-order valence-electron chi connectivity index (χ1n) is 8.66. The van der Waals surface area contributed by atoms with Gasteiger partial charge in [0.2, 0.25) is 0 Å². The van der Waals surface area contributed by atoms with Crippen LogP contribution in [-0.2, 0) is 10.8 Å². The van der Waals surface area contributed by atoms with Crippen LogP contribution < -0.4 is 0 Å². The summed E-state index contributed by atoms with van der Waals surface area (Å²) in [5, 5.41) is 0. The minimum absolute atomic E-state index is 0.221. The molecule has 1 aromatic carbocycles. The van der Waals surface area contributed by atoms with E-state index >= 15 is 0 Å². The zero-order chi connectivity index (χ0) is 14.8. The van der Waals surface area contributed by atoms with Gasteiger partial charge in [0, 0.05) is 4.47 Å². The van der Waals surface area contributed by atoms with Crippen molar-refractivity contribution in [3.63, 3.8) is 0 Å². The summed E-state index contributed by atoms with van der Waals surface area (Å²) >= 11 is 3.86. The van der Waals surface area contributed by atoms with E-state index in [9.17, 15) is 0 Å². The van der Waals surface area contributed by atoms with Crippen LogP contribution in [0.5, 0.6) is 0 Å². The molecule has 4 saturated carbocycles. The van der Waals surface area contributed by atoms with Crippen LogP contribution in [0.4, 0.5) is 0 Å². The number of rotatable bonds is 1. The number of hydrogen-bond donors (Lipinski definition) is 0. The molecule has 4 fully saturated rings. The average molecular weight is 347 g/mol. The summed E-state index contributed by atoms with van der Waals surface area (Å²) in [6, 6.07) is 7.31. The topological polar surface area (TPSA) is 0 Å². The second-order valence-electron chi connectivity index (χ2n) is 9.14. The minimum atomic E-state index is 0.221. The molecule has 4 aliphatic carbocycles. The Morgan fingerprint density at radius 3 is 1.90 bits per heavy atom. The lowest BCUT2D eigenvalue weighted by Gasteiger charge is -2.57. The highest BCUT2D eigenvalue weighted by Gasteiger charge is 2.51. The van der Waals surface area contributed by atoms with Crippen molar-refractivity contribution in [1.82, 2.24) is 0 Å². The van der Waals surface area contributed by atoms with Gasteiger partial charge in [-0.3, -0.25) is 0 Å². The van der Waals surface area contributed by atoms with E-state index in [0.717, 1.165) is 17.8 Å². The van der Waals surface area contributed by atoms with Crippen molar-refractivity contribution in [3.05, 3.63) is 33.8 Å². The summed E-state index contributed by atoms with van der Waals surface area (Å²) in [5.74, 6) is 3.08. The summed E-state index contributed by atoms with van der Waals surface area (Å²) in [6.07, 6.45) is 8.96. The molecule has 5 rings (SSSR count). The van der Waals surface area contributed by atoms with Gasteiger partial charge < -0.3 is 0 Å². The molecule has 0 unspecified atom stereocenters. The highest BCUT2D eigenvalue weighted by atomic mass is 79.9. The third-order valence-electron chi connectivity index (χ3n) is 6.43. The number of benzene rings is 1. The van der Waals surface area contributed by atoms with E-state index in [-0.39, 0.29) is 5.41 Å². The molecule has 114 valence electrons. The van der Waals surface area contributed by atoms with E-state index in [4.69, 9.17) is 0 Å². The van der Waals surface area contributed by atoms with Crippen LogP contribution in [0.25, 0.3) is 0 Å². The largest absolute Gasteiger partial charge is 0.0581 e. The predicted octanol–water partition coefficient (Wildman–Crippen LogP) is 6.21. The molecule has 0 atom stereocenters. The fourth-order valence-electron chi connectivity index (χ4n) is 5.92. The van der Waals surface area contributed by atoms with E-state index in [1.807, 2.05) is 0 Å². The molecule has 4 aliphatic rings. The molecule has 0 saturated heterocycles. The van der Waals surface area contributed by atoms with E-state index in [1.54, 1.807) is 5.56 Å². The van der Waals surface area contributed by atoms with Gasteiger partial charge >= 0.3 is 0 Å². The maximum Gasteiger partial charge on any atom is 0.0215 e. The normalized spacial score (nSPS) is 38.0. The molecule has 0 amide bonds. The molecule has 4 bridgehead atoms. The lowest BCUT2D eigenvalue weighted by atomic mass is 9.48. The van der Waals surface area contributed by atoms with E-state index in [2.05, 4.69) is 54.9 Å². The van der Waals surface area contributed by atoms with Gasteiger partial charge in [-0.25, -0.2) is 0 Å². The smallest absolute Gasteiger partial charge is 0.0215 e. The average Bonchev–Trinajstić information content (AvgIpc) is 2.35. The van der Waals surface area contributed by atoms with E-state index in [1.165, 1.54) is 48.6 Å². The van der Waals surface area contributed by atoms with Crippen molar-refractivity contribution < 1.29 is 0 Å². The highest BCUT2D eigenvalue weighted by molar-refractivity contribution is 9.10. The van der Waals surface area contributed by atoms with Crippen molar-refractivity contribution in [2.24, 2.45) is 17.8 Å². The first-order chi connectivity index (χ1) is 9.86. The zero-order valence-corrected chi connectivity index (χ0v) is 15.2. The fraction of sp³-hybridized carbons (Fsp3) is 0.700. The molecule has 0 heterocycles. The monoisotopic (exact) mass is 346 g/mol. The van der Waals surface area contributed by atoms with Gasteiger partial charge in [0.1, 0.15) is 0 Å². The van der Waals surface area contributed by atoms with E-state index < -0.39 is 0 Å².